The van der Waals surface area contributed by atoms with E-state index >= 15 is 0 Å². The van der Waals surface area contributed by atoms with Crippen molar-refractivity contribution in [1.82, 2.24) is 15.4 Å². The number of nitrogens with one attached hydrogen (secondary N) is 2. The van der Waals surface area contributed by atoms with Crippen LogP contribution in [-0.2, 0) is 29.5 Å². The van der Waals surface area contributed by atoms with E-state index in [1.807, 2.05) is 91.0 Å². The van der Waals surface area contributed by atoms with Crippen LogP contribution in [0.4, 0.5) is 5.13 Å². The molecule has 4 aromatic rings. The zero-order valence-electron chi connectivity index (χ0n) is 26.8. The number of esters is 1. The Morgan fingerprint density at radius 3 is 1.91 bits per heavy atom. The molecular weight excluding hydrogens is 618 g/mol. The molecule has 0 spiro atoms. The molecule has 1 saturated heterocycles. The molecule has 11 nitrogen and oxygen atoms in total. The Bertz CT molecular complexity index is 1660. The third-order valence-electron chi connectivity index (χ3n) is 7.45. The average Bonchev–Trinajstić information content (AvgIpc) is 3.49. The summed E-state index contributed by atoms with van der Waals surface area (Å²) in [4.78, 5) is 48.3. The first-order chi connectivity index (χ1) is 22.3. The first kappa shape index (κ1) is 33.3. The lowest BCUT2D eigenvalue weighted by Gasteiger charge is -2.46. The second-order valence-electron chi connectivity index (χ2n) is 12.6. The Morgan fingerprint density at radius 2 is 1.47 bits per heavy atom. The van der Waals surface area contributed by atoms with E-state index in [1.165, 1.54) is 11.3 Å². The summed E-state index contributed by atoms with van der Waals surface area (Å²) >= 11 is 1.21. The lowest BCUT2D eigenvalue weighted by molar-refractivity contribution is -0.191. The largest absolute Gasteiger partial charge is 0.457 e. The number of hydrogen-bond acceptors (Lipinski definition) is 10. The number of benzene rings is 3. The topological polar surface area (TPSA) is 142 Å². The number of aromatic nitrogens is 1. The van der Waals surface area contributed by atoms with E-state index in [0.29, 0.717) is 10.2 Å². The number of amides is 2. The Balaban J connectivity index is 1.54. The molecule has 1 aromatic heterocycles. The van der Waals surface area contributed by atoms with Gasteiger partial charge in [0.05, 0.1) is 5.54 Å². The van der Waals surface area contributed by atoms with Gasteiger partial charge in [0.15, 0.2) is 16.9 Å². The summed E-state index contributed by atoms with van der Waals surface area (Å²) < 4.78 is 5.27. The molecule has 1 aliphatic heterocycles. The lowest BCUT2D eigenvalue weighted by atomic mass is 9.77. The van der Waals surface area contributed by atoms with Gasteiger partial charge in [0.2, 0.25) is 12.5 Å². The molecule has 2 amide bonds. The number of thiazole rings is 1. The summed E-state index contributed by atoms with van der Waals surface area (Å²) in [5, 5.41) is 23.5. The highest BCUT2D eigenvalue weighted by Crippen LogP contribution is 2.40. The van der Waals surface area contributed by atoms with Crippen molar-refractivity contribution >= 4 is 40.0 Å². The molecule has 1 atom stereocenters. The number of hydrogen-bond donors (Lipinski definition) is 3. The molecule has 3 aromatic carbocycles. The molecule has 0 saturated carbocycles. The Labute approximate surface area is 277 Å². The fourth-order valence-electron chi connectivity index (χ4n) is 5.44. The molecule has 0 unspecified atom stereocenters. The Morgan fingerprint density at radius 1 is 0.957 bits per heavy atom. The van der Waals surface area contributed by atoms with Crippen molar-refractivity contribution in [3.63, 3.8) is 0 Å². The molecule has 1 aliphatic rings. The summed E-state index contributed by atoms with van der Waals surface area (Å²) in [6.07, 6.45) is 0. The van der Waals surface area contributed by atoms with Gasteiger partial charge >= 0.3 is 11.9 Å². The van der Waals surface area contributed by atoms with Crippen molar-refractivity contribution in [3.8, 4) is 0 Å². The van der Waals surface area contributed by atoms with Crippen LogP contribution in [0.1, 0.15) is 57.0 Å². The van der Waals surface area contributed by atoms with Crippen molar-refractivity contribution < 1.29 is 29.2 Å². The van der Waals surface area contributed by atoms with Gasteiger partial charge in [-0.3, -0.25) is 14.8 Å². The van der Waals surface area contributed by atoms with Gasteiger partial charge in [-0.2, -0.15) is 0 Å². The van der Waals surface area contributed by atoms with Gasteiger partial charge in [-0.05, 0) is 51.3 Å². The Hall–Kier alpha value is -5.07. The smallest absolute Gasteiger partial charge is 0.347 e. The van der Waals surface area contributed by atoms with Crippen molar-refractivity contribution in [2.75, 3.05) is 11.9 Å². The van der Waals surface area contributed by atoms with Gasteiger partial charge in [0.1, 0.15) is 16.8 Å². The van der Waals surface area contributed by atoms with Crippen LogP contribution in [0.15, 0.2) is 102 Å². The van der Waals surface area contributed by atoms with Crippen LogP contribution in [0, 0.1) is 0 Å². The molecule has 0 bridgehead atoms. The number of nitrogens with zero attached hydrogens (tertiary/aromatic N) is 3. The van der Waals surface area contributed by atoms with Gasteiger partial charge in [-0.25, -0.2) is 14.8 Å². The van der Waals surface area contributed by atoms with Crippen molar-refractivity contribution in [2.45, 2.75) is 57.3 Å². The first-order valence-electron chi connectivity index (χ1n) is 15.0. The van der Waals surface area contributed by atoms with E-state index in [9.17, 15) is 19.6 Å². The van der Waals surface area contributed by atoms with Crippen molar-refractivity contribution in [3.05, 3.63) is 119 Å². The maximum absolute atomic E-state index is 13.7. The predicted molar refractivity (Wildman–Crippen MR) is 178 cm³/mol. The minimum atomic E-state index is -1.18. The molecule has 244 valence electrons. The SMILES string of the molecule is CC(C)(C)OC(=O)CO/N=C(\C(=O)N(O)[C@@H]1C(=O)NC1(C)C)c1csc(NC(c2ccccc2)(c2ccccc2)c2ccccc2)n1. The molecule has 0 aliphatic carbocycles. The maximum Gasteiger partial charge on any atom is 0.347 e. The molecule has 47 heavy (non-hydrogen) atoms. The van der Waals surface area contributed by atoms with Gasteiger partial charge in [0, 0.05) is 5.38 Å². The minimum Gasteiger partial charge on any atom is -0.457 e. The fraction of sp³-hybridized carbons (Fsp3) is 0.286. The number of rotatable bonds is 11. The summed E-state index contributed by atoms with van der Waals surface area (Å²) in [6.45, 7) is 7.88. The molecule has 5 rings (SSSR count). The first-order valence-corrected chi connectivity index (χ1v) is 15.9. The van der Waals surface area contributed by atoms with E-state index in [-0.39, 0.29) is 5.69 Å². The quantitative estimate of drug-likeness (QED) is 0.0506. The van der Waals surface area contributed by atoms with E-state index < -0.39 is 52.8 Å². The zero-order chi connectivity index (χ0) is 33.8. The van der Waals surface area contributed by atoms with E-state index in [2.05, 4.69) is 15.8 Å². The number of ether oxygens (including phenoxy) is 1. The van der Waals surface area contributed by atoms with Gasteiger partial charge < -0.3 is 20.2 Å². The average molecular weight is 656 g/mol. The number of β-lactam (4-membered cyclic amide) rings is 1. The van der Waals surface area contributed by atoms with Gasteiger partial charge in [-0.15, -0.1) is 11.3 Å². The van der Waals surface area contributed by atoms with Crippen LogP contribution in [0.2, 0.25) is 0 Å². The number of anilines is 1. The summed E-state index contributed by atoms with van der Waals surface area (Å²) in [5.74, 6) is -2.26. The number of carbonyl (C=O) groups is 3. The summed E-state index contributed by atoms with van der Waals surface area (Å²) in [5.41, 5.74) is -0.0543. The molecule has 3 N–H and O–H groups in total. The molecule has 0 radical (unpaired) electrons. The second kappa shape index (κ2) is 13.3. The maximum atomic E-state index is 13.7. The van der Waals surface area contributed by atoms with Crippen LogP contribution in [0.5, 0.6) is 0 Å². The molecule has 1 fully saturated rings. The molecular formula is C35H37N5O6S. The lowest BCUT2D eigenvalue weighted by Crippen LogP contribution is -2.75. The number of carbonyl (C=O) groups excluding carboxylic acids is 3. The van der Waals surface area contributed by atoms with Crippen LogP contribution in [0.3, 0.4) is 0 Å². The van der Waals surface area contributed by atoms with Crippen LogP contribution >= 0.6 is 11.3 Å². The summed E-state index contributed by atoms with van der Waals surface area (Å²) in [6, 6.07) is 28.6. The minimum absolute atomic E-state index is 0.0614. The second-order valence-corrected chi connectivity index (χ2v) is 13.4. The van der Waals surface area contributed by atoms with Crippen LogP contribution in [0.25, 0.3) is 0 Å². The third kappa shape index (κ3) is 7.18. The van der Waals surface area contributed by atoms with Crippen molar-refractivity contribution in [2.24, 2.45) is 5.16 Å². The van der Waals surface area contributed by atoms with E-state index in [0.717, 1.165) is 16.7 Å². The van der Waals surface area contributed by atoms with E-state index in [4.69, 9.17) is 14.6 Å². The van der Waals surface area contributed by atoms with Gasteiger partial charge in [0.25, 0.3) is 0 Å². The number of hydroxylamine groups is 2. The zero-order valence-corrected chi connectivity index (χ0v) is 27.6. The highest BCUT2D eigenvalue weighted by molar-refractivity contribution is 7.14. The van der Waals surface area contributed by atoms with Gasteiger partial charge in [-0.1, -0.05) is 96.2 Å². The Kier molecular flexibility index (Phi) is 9.45. The van der Waals surface area contributed by atoms with Crippen LogP contribution < -0.4 is 10.6 Å². The third-order valence-corrected chi connectivity index (χ3v) is 8.21. The highest BCUT2D eigenvalue weighted by Gasteiger charge is 2.52. The highest BCUT2D eigenvalue weighted by atomic mass is 32.1. The normalized spacial score (nSPS) is 16.0. The van der Waals surface area contributed by atoms with E-state index in [1.54, 1.807) is 40.0 Å². The standard InChI is InChI=1S/C35H37N5O6S/c1-33(2,3)46-27(41)21-45-39-28(31(43)40(44)29-30(42)37-34(29,4)5)26-22-47-32(36-26)38-35(23-15-9-6-10-16-23,24-17-11-7-12-18-24)25-19-13-8-14-20-25/h6-20,22,29,44H,21H2,1-5H3,(H,36,38)(H,37,42)/b39-28-/t29-/m1/s1. The molecule has 12 heteroatoms. The molecule has 2 heterocycles. The van der Waals surface area contributed by atoms with Crippen molar-refractivity contribution in [1.29, 1.82) is 0 Å². The fourth-order valence-corrected chi connectivity index (χ4v) is 6.19. The monoisotopic (exact) mass is 655 g/mol. The van der Waals surface area contributed by atoms with Crippen LogP contribution in [-0.4, -0.2) is 62.5 Å². The number of oxime groups is 1. The summed E-state index contributed by atoms with van der Waals surface area (Å²) in [7, 11) is 0. The predicted octanol–water partition coefficient (Wildman–Crippen LogP) is 5.10.